The van der Waals surface area contributed by atoms with Crippen molar-refractivity contribution < 1.29 is 32.6 Å². The van der Waals surface area contributed by atoms with Crippen molar-refractivity contribution in [2.75, 3.05) is 38.1 Å². The summed E-state index contributed by atoms with van der Waals surface area (Å²) in [5.41, 5.74) is 0.380. The van der Waals surface area contributed by atoms with Gasteiger partial charge in [-0.15, -0.1) is 0 Å². The summed E-state index contributed by atoms with van der Waals surface area (Å²) in [5, 5.41) is 15.3. The topological polar surface area (TPSA) is 117 Å². The third-order valence-electron chi connectivity index (χ3n) is 6.68. The molecule has 0 bridgehead atoms. The predicted molar refractivity (Wildman–Crippen MR) is 144 cm³/mol. The highest BCUT2D eigenvalue weighted by atomic mass is 19.4. The van der Waals surface area contributed by atoms with Gasteiger partial charge in [0.2, 0.25) is 0 Å². The Morgan fingerprint density at radius 1 is 1.18 bits per heavy atom. The molecule has 3 N–H and O–H groups in total. The maximum atomic E-state index is 13.3. The number of hydrogen-bond donors (Lipinski definition) is 3. The highest BCUT2D eigenvalue weighted by molar-refractivity contribution is 5.97. The fourth-order valence-electron chi connectivity index (χ4n) is 4.53. The molecule has 12 heteroatoms. The lowest BCUT2D eigenvalue weighted by Crippen LogP contribution is -2.44. The van der Waals surface area contributed by atoms with Gasteiger partial charge in [0, 0.05) is 37.7 Å². The van der Waals surface area contributed by atoms with Crippen LogP contribution in [0.1, 0.15) is 66.7 Å². The van der Waals surface area contributed by atoms with E-state index in [1.807, 2.05) is 13.8 Å². The Labute approximate surface area is 232 Å². The number of carbonyl (C=O) groups excluding carboxylic acids is 1. The molecule has 3 rings (SSSR count). The van der Waals surface area contributed by atoms with Crippen LogP contribution < -0.4 is 10.6 Å². The molecule has 1 aliphatic heterocycles. The quantitative estimate of drug-likeness (QED) is 0.276. The van der Waals surface area contributed by atoms with Gasteiger partial charge in [-0.25, -0.2) is 9.78 Å². The second kappa shape index (κ2) is 14.9. The first-order chi connectivity index (χ1) is 19.0. The third-order valence-corrected chi connectivity index (χ3v) is 6.68. The highest BCUT2D eigenvalue weighted by Gasteiger charge is 2.36. The number of anilines is 1. The summed E-state index contributed by atoms with van der Waals surface area (Å²) in [4.78, 5) is 34.9. The zero-order valence-corrected chi connectivity index (χ0v) is 23.0. The van der Waals surface area contributed by atoms with Gasteiger partial charge in [0.05, 0.1) is 23.8 Å². The molecule has 2 aromatic heterocycles. The van der Waals surface area contributed by atoms with E-state index in [-0.39, 0.29) is 12.5 Å². The van der Waals surface area contributed by atoms with Crippen molar-refractivity contribution in [3.8, 4) is 0 Å². The zero-order chi connectivity index (χ0) is 29.1. The Hall–Kier alpha value is -3.25. The van der Waals surface area contributed by atoms with Crippen LogP contribution in [0.3, 0.4) is 0 Å². The second-order valence-electron chi connectivity index (χ2n) is 10.1. The SMILES string of the molecule is CC(C)OCCN(CCCCc1ccc2c(n1)NCCC2)CC[C@H](NC(=O)c1cnccc1C(F)(F)F)C(=O)O. The van der Waals surface area contributed by atoms with Crippen LogP contribution in [-0.4, -0.2) is 76.8 Å². The van der Waals surface area contributed by atoms with Crippen LogP contribution in [0.4, 0.5) is 19.0 Å². The van der Waals surface area contributed by atoms with Gasteiger partial charge in [0.15, 0.2) is 0 Å². The largest absolute Gasteiger partial charge is 0.480 e. The molecule has 9 nitrogen and oxygen atoms in total. The second-order valence-corrected chi connectivity index (χ2v) is 10.1. The number of carboxylic acid groups (broad SMARTS) is 1. The maximum absolute atomic E-state index is 13.3. The summed E-state index contributed by atoms with van der Waals surface area (Å²) in [6.45, 7) is 6.78. The number of amides is 1. The van der Waals surface area contributed by atoms with Crippen LogP contribution >= 0.6 is 0 Å². The number of aryl methyl sites for hydroxylation is 2. The van der Waals surface area contributed by atoms with Gasteiger partial charge in [-0.3, -0.25) is 9.78 Å². The fraction of sp³-hybridized carbons (Fsp3) is 0.571. The average molecular weight is 566 g/mol. The van der Waals surface area contributed by atoms with Crippen LogP contribution in [0.15, 0.2) is 30.6 Å². The molecule has 0 fully saturated rings. The van der Waals surface area contributed by atoms with E-state index in [1.165, 1.54) is 5.56 Å². The van der Waals surface area contributed by atoms with Crippen molar-refractivity contribution in [1.29, 1.82) is 0 Å². The average Bonchev–Trinajstić information content (AvgIpc) is 2.91. The molecule has 0 unspecified atom stereocenters. The first kappa shape index (κ1) is 31.3. The maximum Gasteiger partial charge on any atom is 0.417 e. The minimum Gasteiger partial charge on any atom is -0.480 e. The summed E-state index contributed by atoms with van der Waals surface area (Å²) in [6.07, 6.45) is 1.68. The van der Waals surface area contributed by atoms with Crippen molar-refractivity contribution in [2.45, 2.75) is 70.7 Å². The third kappa shape index (κ3) is 9.74. The number of nitrogens with zero attached hydrogens (tertiary/aromatic N) is 3. The first-order valence-corrected chi connectivity index (χ1v) is 13.7. The lowest BCUT2D eigenvalue weighted by Gasteiger charge is -2.25. The monoisotopic (exact) mass is 565 g/mol. The summed E-state index contributed by atoms with van der Waals surface area (Å²) < 4.78 is 45.6. The van der Waals surface area contributed by atoms with Gasteiger partial charge in [-0.1, -0.05) is 6.07 Å². The van der Waals surface area contributed by atoms with Crippen LogP contribution in [0.2, 0.25) is 0 Å². The predicted octanol–water partition coefficient (Wildman–Crippen LogP) is 4.18. The Balaban J connectivity index is 1.56. The number of ether oxygens (including phenoxy) is 1. The van der Waals surface area contributed by atoms with Crippen molar-refractivity contribution in [3.63, 3.8) is 0 Å². The number of aliphatic carboxylic acids is 1. The summed E-state index contributed by atoms with van der Waals surface area (Å²) in [5.74, 6) is -1.49. The number of fused-ring (bicyclic) bond motifs is 1. The molecule has 0 saturated heterocycles. The molecule has 1 amide bonds. The Bertz CT molecular complexity index is 1130. The van der Waals surface area contributed by atoms with Crippen LogP contribution in [-0.2, 0) is 28.5 Å². The van der Waals surface area contributed by atoms with Crippen LogP contribution in [0, 0.1) is 0 Å². The van der Waals surface area contributed by atoms with E-state index in [4.69, 9.17) is 9.72 Å². The first-order valence-electron chi connectivity index (χ1n) is 13.7. The standard InChI is InChI=1S/C28H38F3N5O4/c1-19(2)40-17-16-36(14-4-3-7-21-9-8-20-6-5-12-33-25(20)34-21)15-11-24(27(38)39)35-26(37)22-18-32-13-10-23(22)28(29,30)31/h8-10,13,18-19,24H,3-7,11-12,14-17H2,1-2H3,(H,33,34)(H,35,37)(H,38,39)/t24-/m0/s1. The number of pyridine rings is 2. The lowest BCUT2D eigenvalue weighted by atomic mass is 10.1. The van der Waals surface area contributed by atoms with Crippen molar-refractivity contribution in [2.24, 2.45) is 0 Å². The van der Waals surface area contributed by atoms with Gasteiger partial charge in [0.25, 0.3) is 5.91 Å². The molecule has 0 saturated carbocycles. The number of aromatic nitrogens is 2. The molecule has 1 aliphatic rings. The highest BCUT2D eigenvalue weighted by Crippen LogP contribution is 2.31. The number of nitrogens with one attached hydrogen (secondary N) is 2. The molecule has 1 atom stereocenters. The van der Waals surface area contributed by atoms with Crippen molar-refractivity contribution >= 4 is 17.7 Å². The van der Waals surface area contributed by atoms with Gasteiger partial charge < -0.3 is 25.4 Å². The molecule has 0 radical (unpaired) electrons. The van der Waals surface area contributed by atoms with Gasteiger partial charge >= 0.3 is 12.1 Å². The number of unbranched alkanes of at least 4 members (excludes halogenated alkanes) is 1. The Morgan fingerprint density at radius 2 is 1.98 bits per heavy atom. The molecule has 40 heavy (non-hydrogen) atoms. The number of rotatable bonds is 15. The van der Waals surface area contributed by atoms with Crippen LogP contribution in [0.25, 0.3) is 0 Å². The van der Waals surface area contributed by atoms with Crippen molar-refractivity contribution in [1.82, 2.24) is 20.2 Å². The Morgan fingerprint density at radius 3 is 2.70 bits per heavy atom. The fourth-order valence-corrected chi connectivity index (χ4v) is 4.53. The van der Waals surface area contributed by atoms with E-state index in [0.717, 1.165) is 62.6 Å². The molecule has 3 heterocycles. The number of hydrogen-bond acceptors (Lipinski definition) is 7. The summed E-state index contributed by atoms with van der Waals surface area (Å²) >= 11 is 0. The number of carboxylic acids is 1. The molecule has 220 valence electrons. The molecular weight excluding hydrogens is 527 g/mol. The van der Waals surface area contributed by atoms with E-state index in [9.17, 15) is 27.9 Å². The summed E-state index contributed by atoms with van der Waals surface area (Å²) in [6, 6.07) is 3.52. The van der Waals surface area contributed by atoms with E-state index >= 15 is 0 Å². The summed E-state index contributed by atoms with van der Waals surface area (Å²) in [7, 11) is 0. The van der Waals surface area contributed by atoms with Gasteiger partial charge in [0.1, 0.15) is 11.9 Å². The number of halogens is 3. The zero-order valence-electron chi connectivity index (χ0n) is 23.0. The minimum atomic E-state index is -4.77. The lowest BCUT2D eigenvalue weighted by molar-refractivity contribution is -0.139. The van der Waals surface area contributed by atoms with Gasteiger partial charge in [-0.2, -0.15) is 13.2 Å². The smallest absolute Gasteiger partial charge is 0.417 e. The molecule has 2 aromatic rings. The molecule has 0 aliphatic carbocycles. The van der Waals surface area contributed by atoms with E-state index in [2.05, 4.69) is 32.7 Å². The number of carbonyl (C=O) groups is 2. The minimum absolute atomic E-state index is 0.0163. The van der Waals surface area contributed by atoms with Crippen molar-refractivity contribution in [3.05, 3.63) is 53.0 Å². The Kier molecular flexibility index (Phi) is 11.7. The molecule has 0 aromatic carbocycles. The van der Waals surface area contributed by atoms with E-state index < -0.39 is 35.2 Å². The van der Waals surface area contributed by atoms with E-state index in [1.54, 1.807) is 0 Å². The molecule has 0 spiro atoms. The van der Waals surface area contributed by atoms with E-state index in [0.29, 0.717) is 32.3 Å². The normalized spacial score (nSPS) is 14.1. The van der Waals surface area contributed by atoms with Crippen LogP contribution in [0.5, 0.6) is 0 Å². The van der Waals surface area contributed by atoms with Gasteiger partial charge in [-0.05, 0) is 76.6 Å². The number of alkyl halides is 3. The molecular formula is C28H38F3N5O4.